The predicted molar refractivity (Wildman–Crippen MR) is 118 cm³/mol. The largest absolute Gasteiger partial charge is 0.465 e. The Hall–Kier alpha value is -3.68. The molecule has 0 unspecified atom stereocenters. The number of nitrogens with one attached hydrogen (secondary N) is 1. The van der Waals surface area contributed by atoms with Crippen LogP contribution >= 0.6 is 0 Å². The Labute approximate surface area is 180 Å². The van der Waals surface area contributed by atoms with Crippen molar-refractivity contribution in [3.05, 3.63) is 48.9 Å². The van der Waals surface area contributed by atoms with Crippen LogP contribution in [0.4, 0.5) is 5.82 Å². The lowest BCUT2D eigenvalue weighted by Crippen LogP contribution is -2.27. The first-order valence-corrected chi connectivity index (χ1v) is 10.1. The van der Waals surface area contributed by atoms with E-state index in [-0.39, 0.29) is 18.1 Å². The highest BCUT2D eigenvalue weighted by molar-refractivity contribution is 5.81. The van der Waals surface area contributed by atoms with Gasteiger partial charge in [0.25, 0.3) is 0 Å². The van der Waals surface area contributed by atoms with E-state index in [1.165, 1.54) is 0 Å². The van der Waals surface area contributed by atoms with Gasteiger partial charge < -0.3 is 14.5 Å². The van der Waals surface area contributed by atoms with E-state index >= 15 is 0 Å². The third-order valence-corrected chi connectivity index (χ3v) is 4.47. The second kappa shape index (κ2) is 8.22. The number of ether oxygens (including phenoxy) is 1. The van der Waals surface area contributed by atoms with Crippen LogP contribution in [0.15, 0.2) is 53.3 Å². The van der Waals surface area contributed by atoms with Crippen LogP contribution in [0.25, 0.3) is 33.7 Å². The molecule has 8 nitrogen and oxygen atoms in total. The van der Waals surface area contributed by atoms with E-state index in [1.54, 1.807) is 30.2 Å². The number of oxazole rings is 1. The number of benzene rings is 1. The molecular formula is C23H25N5O3. The average molecular weight is 419 g/mol. The van der Waals surface area contributed by atoms with Gasteiger partial charge in [0.2, 0.25) is 5.89 Å². The molecule has 0 saturated carbocycles. The fourth-order valence-corrected chi connectivity index (χ4v) is 3.17. The van der Waals surface area contributed by atoms with Gasteiger partial charge in [-0.2, -0.15) is 5.10 Å². The Morgan fingerprint density at radius 2 is 2.00 bits per heavy atom. The van der Waals surface area contributed by atoms with Crippen LogP contribution in [0.5, 0.6) is 0 Å². The minimum Gasteiger partial charge on any atom is -0.465 e. The van der Waals surface area contributed by atoms with E-state index in [0.29, 0.717) is 23.9 Å². The Balaban J connectivity index is 1.73. The summed E-state index contributed by atoms with van der Waals surface area (Å²) < 4.78 is 12.5. The van der Waals surface area contributed by atoms with Gasteiger partial charge in [-0.1, -0.05) is 12.1 Å². The second-order valence-electron chi connectivity index (χ2n) is 8.21. The van der Waals surface area contributed by atoms with E-state index in [2.05, 4.69) is 41.2 Å². The van der Waals surface area contributed by atoms with Gasteiger partial charge in [0.1, 0.15) is 17.9 Å². The third kappa shape index (κ3) is 4.74. The number of anilines is 1. The van der Waals surface area contributed by atoms with Crippen LogP contribution < -0.4 is 5.32 Å². The zero-order chi connectivity index (χ0) is 22.0. The highest BCUT2D eigenvalue weighted by Gasteiger charge is 2.19. The van der Waals surface area contributed by atoms with Crippen LogP contribution in [0.3, 0.4) is 0 Å². The van der Waals surface area contributed by atoms with Crippen LogP contribution in [-0.2, 0) is 16.1 Å². The third-order valence-electron chi connectivity index (χ3n) is 4.47. The highest BCUT2D eigenvalue weighted by atomic mass is 16.5. The molecule has 8 heteroatoms. The molecule has 0 aliphatic rings. The summed E-state index contributed by atoms with van der Waals surface area (Å²) in [6, 6.07) is 9.61. The Bertz CT molecular complexity index is 1190. The van der Waals surface area contributed by atoms with Crippen molar-refractivity contribution in [2.75, 3.05) is 11.9 Å². The smallest absolute Gasteiger partial charge is 0.327 e. The van der Waals surface area contributed by atoms with Crippen molar-refractivity contribution < 1.29 is 13.9 Å². The monoisotopic (exact) mass is 419 g/mol. The highest BCUT2D eigenvalue weighted by Crippen LogP contribution is 2.33. The quantitative estimate of drug-likeness (QED) is 0.459. The van der Waals surface area contributed by atoms with E-state index in [1.807, 2.05) is 30.3 Å². The molecule has 1 aromatic carbocycles. The first kappa shape index (κ1) is 20.6. The van der Waals surface area contributed by atoms with Crippen molar-refractivity contribution in [3.8, 4) is 22.6 Å². The lowest BCUT2D eigenvalue weighted by Gasteiger charge is -2.22. The number of pyridine rings is 1. The van der Waals surface area contributed by atoms with E-state index in [4.69, 9.17) is 9.15 Å². The summed E-state index contributed by atoms with van der Waals surface area (Å²) in [6.45, 7) is 8.38. The summed E-state index contributed by atoms with van der Waals surface area (Å²) in [5.41, 5.74) is 3.73. The topological polar surface area (TPSA) is 95.1 Å². The van der Waals surface area contributed by atoms with Crippen molar-refractivity contribution in [3.63, 3.8) is 0 Å². The summed E-state index contributed by atoms with van der Waals surface area (Å²) in [7, 11) is 0. The molecule has 31 heavy (non-hydrogen) atoms. The van der Waals surface area contributed by atoms with Crippen molar-refractivity contribution in [2.45, 2.75) is 39.8 Å². The number of esters is 1. The minimum atomic E-state index is -0.327. The molecule has 0 atom stereocenters. The van der Waals surface area contributed by atoms with Gasteiger partial charge >= 0.3 is 5.97 Å². The van der Waals surface area contributed by atoms with Crippen LogP contribution in [0.2, 0.25) is 0 Å². The Kier molecular flexibility index (Phi) is 5.46. The van der Waals surface area contributed by atoms with Gasteiger partial charge in [0.05, 0.1) is 18.4 Å². The van der Waals surface area contributed by atoms with Crippen molar-refractivity contribution >= 4 is 22.9 Å². The minimum absolute atomic E-state index is 0.0585. The molecule has 0 saturated heterocycles. The molecule has 0 aliphatic heterocycles. The number of nitrogens with zero attached hydrogens (tertiary/aromatic N) is 4. The molecule has 0 amide bonds. The molecule has 0 radical (unpaired) electrons. The van der Waals surface area contributed by atoms with E-state index < -0.39 is 0 Å². The van der Waals surface area contributed by atoms with Crippen LogP contribution in [0.1, 0.15) is 27.7 Å². The molecular weight excluding hydrogens is 394 g/mol. The van der Waals surface area contributed by atoms with Gasteiger partial charge in [-0.15, -0.1) is 0 Å². The molecule has 1 N–H and O–H groups in total. The number of hydrogen-bond acceptors (Lipinski definition) is 7. The summed E-state index contributed by atoms with van der Waals surface area (Å²) in [5.74, 6) is 0.843. The average Bonchev–Trinajstić information content (AvgIpc) is 3.34. The van der Waals surface area contributed by atoms with Gasteiger partial charge in [-0.05, 0) is 45.9 Å². The predicted octanol–water partition coefficient (Wildman–Crippen LogP) is 4.53. The number of para-hydroxylation sites is 2. The standard InChI is InChI=1S/C23H25N5O3/c1-5-30-20(29)14-28-13-16(12-25-28)15-10-17(21(24-11-15)27-23(2,3)4)22-26-18-8-6-7-9-19(18)31-22/h6-13H,5,14H2,1-4H3,(H,24,27). The fraction of sp³-hybridized carbons (Fsp3) is 0.304. The lowest BCUT2D eigenvalue weighted by atomic mass is 10.1. The Morgan fingerprint density at radius 3 is 2.74 bits per heavy atom. The van der Waals surface area contributed by atoms with E-state index in [9.17, 15) is 4.79 Å². The maximum Gasteiger partial charge on any atom is 0.327 e. The molecule has 4 rings (SSSR count). The summed E-state index contributed by atoms with van der Waals surface area (Å²) in [4.78, 5) is 21.0. The van der Waals surface area contributed by atoms with Gasteiger partial charge in [0, 0.05) is 29.1 Å². The fourth-order valence-electron chi connectivity index (χ4n) is 3.17. The lowest BCUT2D eigenvalue weighted by molar-refractivity contribution is -0.144. The number of carbonyl (C=O) groups excluding carboxylic acids is 1. The maximum atomic E-state index is 11.7. The summed E-state index contributed by atoms with van der Waals surface area (Å²) in [5, 5.41) is 7.69. The van der Waals surface area contributed by atoms with Gasteiger partial charge in [-0.3, -0.25) is 9.48 Å². The zero-order valence-corrected chi connectivity index (χ0v) is 18.0. The van der Waals surface area contributed by atoms with Crippen LogP contribution in [-0.4, -0.2) is 37.9 Å². The number of aromatic nitrogens is 4. The SMILES string of the molecule is CCOC(=O)Cn1cc(-c2cnc(NC(C)(C)C)c(-c3nc4ccccc4o3)c2)cn1. The molecule has 0 bridgehead atoms. The number of carbonyl (C=O) groups is 1. The molecule has 0 spiro atoms. The zero-order valence-electron chi connectivity index (χ0n) is 18.0. The number of rotatable bonds is 6. The first-order chi connectivity index (χ1) is 14.8. The van der Waals surface area contributed by atoms with Crippen molar-refractivity contribution in [1.82, 2.24) is 19.7 Å². The van der Waals surface area contributed by atoms with E-state index in [0.717, 1.165) is 22.2 Å². The maximum absolute atomic E-state index is 11.7. The van der Waals surface area contributed by atoms with Crippen molar-refractivity contribution in [2.24, 2.45) is 0 Å². The molecule has 4 aromatic rings. The second-order valence-corrected chi connectivity index (χ2v) is 8.21. The summed E-state index contributed by atoms with van der Waals surface area (Å²) >= 11 is 0. The molecule has 0 fully saturated rings. The normalized spacial score (nSPS) is 11.6. The van der Waals surface area contributed by atoms with Gasteiger partial charge in [0.15, 0.2) is 5.58 Å². The van der Waals surface area contributed by atoms with Crippen molar-refractivity contribution in [1.29, 1.82) is 0 Å². The number of fused-ring (bicyclic) bond motifs is 1. The molecule has 160 valence electrons. The Morgan fingerprint density at radius 1 is 1.19 bits per heavy atom. The van der Waals surface area contributed by atoms with Crippen LogP contribution in [0, 0.1) is 0 Å². The first-order valence-electron chi connectivity index (χ1n) is 10.1. The molecule has 3 heterocycles. The molecule has 3 aromatic heterocycles. The molecule has 0 aliphatic carbocycles. The van der Waals surface area contributed by atoms with Gasteiger partial charge in [-0.25, -0.2) is 9.97 Å². The summed E-state index contributed by atoms with van der Waals surface area (Å²) in [6.07, 6.45) is 5.26. The number of hydrogen-bond donors (Lipinski definition) is 1.